The Morgan fingerprint density at radius 3 is 2.54 bits per heavy atom. The van der Waals surface area contributed by atoms with Crippen LogP contribution in [0.4, 0.5) is 0 Å². The van der Waals surface area contributed by atoms with Crippen molar-refractivity contribution in [3.05, 3.63) is 77.4 Å². The van der Waals surface area contributed by atoms with Crippen molar-refractivity contribution in [2.45, 2.75) is 18.2 Å². The molecule has 5 nitrogen and oxygen atoms in total. The van der Waals surface area contributed by atoms with Crippen molar-refractivity contribution < 1.29 is 18.3 Å². The number of carbonyl (C=O) groups is 1. The zero-order valence-corrected chi connectivity index (χ0v) is 15.1. The summed E-state index contributed by atoms with van der Waals surface area (Å²) in [7, 11) is -3.77. The molecule has 3 aromatic carbocycles. The molecular weight excluding hydrogens is 350 g/mol. The number of hydrogen-bond acceptors (Lipinski definition) is 3. The highest BCUT2D eigenvalue weighted by Gasteiger charge is 2.17. The number of carboxylic acid groups (broad SMARTS) is 1. The van der Waals surface area contributed by atoms with Crippen LogP contribution in [0.5, 0.6) is 0 Å². The zero-order chi connectivity index (χ0) is 18.7. The van der Waals surface area contributed by atoms with E-state index in [1.807, 2.05) is 42.5 Å². The molecule has 0 saturated heterocycles. The Kier molecular flexibility index (Phi) is 5.06. The normalized spacial score (nSPS) is 11.6. The second kappa shape index (κ2) is 7.27. The van der Waals surface area contributed by atoms with Gasteiger partial charge in [0.15, 0.2) is 0 Å². The van der Waals surface area contributed by atoms with E-state index < -0.39 is 16.0 Å². The Hall–Kier alpha value is -2.70. The van der Waals surface area contributed by atoms with Gasteiger partial charge in [-0.1, -0.05) is 48.5 Å². The molecule has 2 N–H and O–H groups in total. The van der Waals surface area contributed by atoms with Gasteiger partial charge in [-0.25, -0.2) is 17.9 Å². The Balaban J connectivity index is 1.76. The number of nitrogens with one attached hydrogen (secondary N) is 1. The molecule has 0 atom stereocenters. The average Bonchev–Trinajstić information content (AvgIpc) is 2.61. The molecule has 26 heavy (non-hydrogen) atoms. The third-order valence-electron chi connectivity index (χ3n) is 4.32. The lowest BCUT2D eigenvalue weighted by molar-refractivity contribution is 0.0696. The highest BCUT2D eigenvalue weighted by molar-refractivity contribution is 7.89. The van der Waals surface area contributed by atoms with E-state index in [0.29, 0.717) is 12.0 Å². The molecule has 0 radical (unpaired) electrons. The predicted molar refractivity (Wildman–Crippen MR) is 101 cm³/mol. The van der Waals surface area contributed by atoms with E-state index in [-0.39, 0.29) is 17.0 Å². The summed E-state index contributed by atoms with van der Waals surface area (Å²) in [5.41, 5.74) is 1.56. The summed E-state index contributed by atoms with van der Waals surface area (Å²) < 4.78 is 27.5. The molecule has 0 saturated carbocycles. The monoisotopic (exact) mass is 369 g/mol. The molecule has 134 valence electrons. The second-order valence-corrected chi connectivity index (χ2v) is 7.83. The molecular formula is C20H19NO4S. The number of aryl methyl sites for hydroxylation is 1. The molecule has 0 aliphatic rings. The Morgan fingerprint density at radius 1 is 1.04 bits per heavy atom. The van der Waals surface area contributed by atoms with Crippen LogP contribution in [0.25, 0.3) is 10.8 Å². The third kappa shape index (κ3) is 3.76. The molecule has 0 unspecified atom stereocenters. The highest BCUT2D eigenvalue weighted by atomic mass is 32.2. The first-order valence-electron chi connectivity index (χ1n) is 8.19. The van der Waals surface area contributed by atoms with Crippen LogP contribution in [0.3, 0.4) is 0 Å². The summed E-state index contributed by atoms with van der Waals surface area (Å²) >= 11 is 0. The lowest BCUT2D eigenvalue weighted by Crippen LogP contribution is -2.26. The van der Waals surface area contributed by atoms with E-state index >= 15 is 0 Å². The maximum Gasteiger partial charge on any atom is 0.335 e. The second-order valence-electron chi connectivity index (χ2n) is 6.07. The fraction of sp³-hybridized carbons (Fsp3) is 0.150. The van der Waals surface area contributed by atoms with Crippen molar-refractivity contribution in [1.82, 2.24) is 4.72 Å². The van der Waals surface area contributed by atoms with Crippen molar-refractivity contribution in [2.24, 2.45) is 0 Å². The first-order valence-corrected chi connectivity index (χ1v) is 9.67. The van der Waals surface area contributed by atoms with Gasteiger partial charge in [0, 0.05) is 6.54 Å². The van der Waals surface area contributed by atoms with Crippen molar-refractivity contribution in [1.29, 1.82) is 0 Å². The van der Waals surface area contributed by atoms with E-state index in [9.17, 15) is 13.2 Å². The topological polar surface area (TPSA) is 83.5 Å². The van der Waals surface area contributed by atoms with Crippen LogP contribution in [0.2, 0.25) is 0 Å². The van der Waals surface area contributed by atoms with Gasteiger partial charge in [-0.2, -0.15) is 0 Å². The van der Waals surface area contributed by atoms with E-state index in [1.54, 1.807) is 6.92 Å². The number of rotatable bonds is 6. The van der Waals surface area contributed by atoms with Crippen LogP contribution < -0.4 is 4.72 Å². The largest absolute Gasteiger partial charge is 0.478 e. The van der Waals surface area contributed by atoms with Crippen LogP contribution in [0, 0.1) is 6.92 Å². The quantitative estimate of drug-likeness (QED) is 0.698. The first-order chi connectivity index (χ1) is 12.4. The number of aromatic carboxylic acids is 1. The van der Waals surface area contributed by atoms with Gasteiger partial charge >= 0.3 is 5.97 Å². The minimum Gasteiger partial charge on any atom is -0.478 e. The SMILES string of the molecule is Cc1ccc(S(=O)(=O)NCCc2cccc3ccccc23)cc1C(=O)O. The summed E-state index contributed by atoms with van der Waals surface area (Å²) in [6.07, 6.45) is 0.540. The lowest BCUT2D eigenvalue weighted by atomic mass is 10.0. The molecule has 0 bridgehead atoms. The molecule has 6 heteroatoms. The predicted octanol–water partition coefficient (Wildman–Crippen LogP) is 3.37. The number of sulfonamides is 1. The molecule has 3 aromatic rings. The average molecular weight is 369 g/mol. The zero-order valence-electron chi connectivity index (χ0n) is 14.3. The molecule has 0 aliphatic carbocycles. The number of carboxylic acids is 1. The van der Waals surface area contributed by atoms with Crippen LogP contribution in [-0.4, -0.2) is 26.0 Å². The molecule has 3 rings (SSSR count). The molecule has 0 amide bonds. The van der Waals surface area contributed by atoms with Crippen LogP contribution in [-0.2, 0) is 16.4 Å². The molecule has 0 fully saturated rings. The van der Waals surface area contributed by atoms with Crippen molar-refractivity contribution in [3.8, 4) is 0 Å². The minimum atomic E-state index is -3.77. The Morgan fingerprint density at radius 2 is 1.77 bits per heavy atom. The minimum absolute atomic E-state index is 0.0121. The lowest BCUT2D eigenvalue weighted by Gasteiger charge is -2.10. The van der Waals surface area contributed by atoms with Crippen LogP contribution in [0.1, 0.15) is 21.5 Å². The fourth-order valence-corrected chi connectivity index (χ4v) is 3.97. The van der Waals surface area contributed by atoms with Gasteiger partial charge in [0.2, 0.25) is 10.0 Å². The Labute approximate surface area is 152 Å². The maximum atomic E-state index is 12.5. The number of fused-ring (bicyclic) bond motifs is 1. The van der Waals surface area contributed by atoms with E-state index in [0.717, 1.165) is 16.3 Å². The van der Waals surface area contributed by atoms with Gasteiger partial charge in [0.1, 0.15) is 0 Å². The molecule has 0 aromatic heterocycles. The summed E-state index contributed by atoms with van der Waals surface area (Å²) in [6, 6.07) is 18.0. The first kappa shape index (κ1) is 18.1. The van der Waals surface area contributed by atoms with Gasteiger partial charge < -0.3 is 5.11 Å². The fourth-order valence-electron chi connectivity index (χ4n) is 2.91. The van der Waals surface area contributed by atoms with Gasteiger partial charge in [-0.15, -0.1) is 0 Å². The van der Waals surface area contributed by atoms with Crippen molar-refractivity contribution in [2.75, 3.05) is 6.54 Å². The van der Waals surface area contributed by atoms with E-state index in [1.165, 1.54) is 18.2 Å². The Bertz CT molecular complexity index is 1070. The van der Waals surface area contributed by atoms with Crippen molar-refractivity contribution in [3.63, 3.8) is 0 Å². The summed E-state index contributed by atoms with van der Waals surface area (Å²) in [5, 5.41) is 11.4. The van der Waals surface area contributed by atoms with Gasteiger partial charge in [-0.05, 0) is 47.4 Å². The standard InChI is InChI=1S/C20H19NO4S/c1-14-9-10-17(13-19(14)20(22)23)26(24,25)21-12-11-16-7-4-6-15-5-2-3-8-18(15)16/h2-10,13,21H,11-12H2,1H3,(H,22,23). The maximum absolute atomic E-state index is 12.5. The van der Waals surface area contributed by atoms with Gasteiger partial charge in [0.05, 0.1) is 10.5 Å². The van der Waals surface area contributed by atoms with Crippen LogP contribution >= 0.6 is 0 Å². The molecule has 0 aliphatic heterocycles. The number of benzene rings is 3. The smallest absolute Gasteiger partial charge is 0.335 e. The van der Waals surface area contributed by atoms with E-state index in [2.05, 4.69) is 4.72 Å². The van der Waals surface area contributed by atoms with E-state index in [4.69, 9.17) is 5.11 Å². The summed E-state index contributed by atoms with van der Waals surface area (Å²) in [4.78, 5) is 11.2. The summed E-state index contributed by atoms with van der Waals surface area (Å²) in [5.74, 6) is -1.14. The van der Waals surface area contributed by atoms with Crippen LogP contribution in [0.15, 0.2) is 65.6 Å². The van der Waals surface area contributed by atoms with Crippen molar-refractivity contribution >= 4 is 26.8 Å². The van der Waals surface area contributed by atoms with Gasteiger partial charge in [0.25, 0.3) is 0 Å². The number of hydrogen-bond donors (Lipinski definition) is 2. The molecule has 0 heterocycles. The summed E-state index contributed by atoms with van der Waals surface area (Å²) in [6.45, 7) is 1.86. The highest BCUT2D eigenvalue weighted by Crippen LogP contribution is 2.19. The third-order valence-corrected chi connectivity index (χ3v) is 5.77. The molecule has 0 spiro atoms. The van der Waals surface area contributed by atoms with Gasteiger partial charge in [-0.3, -0.25) is 0 Å².